The average Bonchev–Trinajstić information content (AvgIpc) is 3.09. The van der Waals surface area contributed by atoms with E-state index in [2.05, 4.69) is 44.7 Å². The van der Waals surface area contributed by atoms with Crippen LogP contribution < -0.4 is 5.32 Å². The summed E-state index contributed by atoms with van der Waals surface area (Å²) in [6.45, 7) is 0.723. The monoisotopic (exact) mass is 287 g/mol. The van der Waals surface area contributed by atoms with Crippen LogP contribution in [0.5, 0.6) is 0 Å². The summed E-state index contributed by atoms with van der Waals surface area (Å²) < 4.78 is 1.72. The Morgan fingerprint density at radius 3 is 3.00 bits per heavy atom. The maximum Gasteiger partial charge on any atom is 0.157 e. The molecule has 1 fully saturated rings. The Hall–Kier alpha value is -1.82. The number of hydrogen-bond donors (Lipinski definition) is 1. The molecule has 0 amide bonds. The first-order chi connectivity index (χ1) is 9.81. The first-order valence-corrected chi connectivity index (χ1v) is 7.63. The lowest BCUT2D eigenvalue weighted by molar-refractivity contribution is 0.734. The molecule has 5 nitrogen and oxygen atoms in total. The molecule has 0 aliphatic carbocycles. The number of thioether (sulfide) groups is 1. The predicted octanol–water partition coefficient (Wildman–Crippen LogP) is 1.79. The van der Waals surface area contributed by atoms with Gasteiger partial charge in [0.1, 0.15) is 6.33 Å². The summed E-state index contributed by atoms with van der Waals surface area (Å²) in [4.78, 5) is 8.78. The Morgan fingerprint density at radius 2 is 2.25 bits per heavy atom. The number of nitrogens with zero attached hydrogens (tertiary/aromatic N) is 4. The van der Waals surface area contributed by atoms with E-state index in [0.29, 0.717) is 6.04 Å². The van der Waals surface area contributed by atoms with Gasteiger partial charge in [0.2, 0.25) is 0 Å². The number of amidine groups is 1. The molecule has 1 saturated heterocycles. The minimum atomic E-state index is 0.368. The van der Waals surface area contributed by atoms with Crippen molar-refractivity contribution < 1.29 is 0 Å². The van der Waals surface area contributed by atoms with Crippen LogP contribution in [-0.2, 0) is 13.5 Å². The molecule has 20 heavy (non-hydrogen) atoms. The molecule has 3 rings (SSSR count). The molecule has 104 valence electrons. The fourth-order valence-electron chi connectivity index (χ4n) is 2.11. The maximum absolute atomic E-state index is 4.58. The lowest BCUT2D eigenvalue weighted by Gasteiger charge is -2.09. The lowest BCUT2D eigenvalue weighted by atomic mass is 10.1. The molecule has 0 radical (unpaired) electrons. The van der Waals surface area contributed by atoms with E-state index in [1.54, 1.807) is 22.8 Å². The number of aryl methyl sites for hydroxylation is 1. The number of aromatic nitrogens is 3. The summed E-state index contributed by atoms with van der Waals surface area (Å²) in [6, 6.07) is 10.9. The highest BCUT2D eigenvalue weighted by Gasteiger charge is 2.21. The molecule has 1 aliphatic rings. The number of benzene rings is 1. The first-order valence-electron chi connectivity index (χ1n) is 6.64. The van der Waals surface area contributed by atoms with Crippen LogP contribution in [0.1, 0.15) is 17.4 Å². The molecular formula is C14H17N5S. The third-order valence-electron chi connectivity index (χ3n) is 3.12. The zero-order valence-corrected chi connectivity index (χ0v) is 12.2. The molecule has 0 saturated carbocycles. The van der Waals surface area contributed by atoms with Crippen molar-refractivity contribution in [1.82, 2.24) is 20.1 Å². The predicted molar refractivity (Wildman–Crippen MR) is 81.8 cm³/mol. The largest absolute Gasteiger partial charge is 0.357 e. The summed E-state index contributed by atoms with van der Waals surface area (Å²) in [5, 5.41) is 8.74. The second-order valence-electron chi connectivity index (χ2n) is 4.69. The summed E-state index contributed by atoms with van der Waals surface area (Å²) in [5.74, 6) is 1.88. The molecule has 1 aromatic heterocycles. The Labute approximate surface area is 122 Å². The van der Waals surface area contributed by atoms with Crippen molar-refractivity contribution in [2.24, 2.45) is 12.0 Å². The zero-order valence-electron chi connectivity index (χ0n) is 11.4. The van der Waals surface area contributed by atoms with Gasteiger partial charge in [-0.25, -0.2) is 4.98 Å². The van der Waals surface area contributed by atoms with Crippen LogP contribution in [-0.4, -0.2) is 32.2 Å². The average molecular weight is 287 g/mol. The smallest absolute Gasteiger partial charge is 0.157 e. The van der Waals surface area contributed by atoms with Gasteiger partial charge in [0.15, 0.2) is 11.0 Å². The standard InChI is InChI=1S/C14H17N5S/c1-19-10-16-13(18-19)7-8-15-14-17-12(9-20-14)11-5-3-2-4-6-11/h2-6,10,12H,7-9H2,1H3,(H,15,17). The van der Waals surface area contributed by atoms with Crippen LogP contribution >= 0.6 is 11.8 Å². The number of hydrogen-bond acceptors (Lipinski definition) is 4. The highest BCUT2D eigenvalue weighted by molar-refractivity contribution is 8.14. The molecule has 1 aromatic carbocycles. The SMILES string of the molecule is Cn1cnc(CCN=C2NC(c3ccccc3)CS2)n1. The molecule has 1 atom stereocenters. The molecule has 1 N–H and O–H groups in total. The second kappa shape index (κ2) is 6.09. The highest BCUT2D eigenvalue weighted by atomic mass is 32.2. The lowest BCUT2D eigenvalue weighted by Crippen LogP contribution is -2.19. The third kappa shape index (κ3) is 3.19. The summed E-state index contributed by atoms with van der Waals surface area (Å²) in [7, 11) is 1.88. The Balaban J connectivity index is 1.53. The number of aliphatic imine (C=N–C) groups is 1. The molecule has 1 unspecified atom stereocenters. The van der Waals surface area contributed by atoms with E-state index in [1.165, 1.54) is 5.56 Å². The molecule has 0 bridgehead atoms. The van der Waals surface area contributed by atoms with Crippen molar-refractivity contribution in [2.45, 2.75) is 12.5 Å². The number of nitrogens with one attached hydrogen (secondary N) is 1. The van der Waals surface area contributed by atoms with Crippen LogP contribution in [0.4, 0.5) is 0 Å². The minimum Gasteiger partial charge on any atom is -0.357 e. The molecule has 2 heterocycles. The van der Waals surface area contributed by atoms with Crippen LogP contribution in [0.25, 0.3) is 0 Å². The minimum absolute atomic E-state index is 0.368. The van der Waals surface area contributed by atoms with E-state index in [1.807, 2.05) is 13.1 Å². The normalized spacial score (nSPS) is 20.2. The molecule has 2 aromatic rings. The van der Waals surface area contributed by atoms with Gasteiger partial charge in [0.25, 0.3) is 0 Å². The third-order valence-corrected chi connectivity index (χ3v) is 4.14. The van der Waals surface area contributed by atoms with Crippen molar-refractivity contribution in [3.63, 3.8) is 0 Å². The zero-order chi connectivity index (χ0) is 13.8. The van der Waals surface area contributed by atoms with E-state index in [0.717, 1.165) is 29.7 Å². The van der Waals surface area contributed by atoms with Gasteiger partial charge in [-0.3, -0.25) is 9.67 Å². The van der Waals surface area contributed by atoms with E-state index in [9.17, 15) is 0 Å². The van der Waals surface area contributed by atoms with Gasteiger partial charge in [-0.2, -0.15) is 5.10 Å². The van der Waals surface area contributed by atoms with Crippen molar-refractivity contribution >= 4 is 16.9 Å². The van der Waals surface area contributed by atoms with Gasteiger partial charge < -0.3 is 5.32 Å². The van der Waals surface area contributed by atoms with Crippen LogP contribution in [0.15, 0.2) is 41.7 Å². The molecule has 1 aliphatic heterocycles. The van der Waals surface area contributed by atoms with Gasteiger partial charge in [0, 0.05) is 25.8 Å². The quantitative estimate of drug-likeness (QED) is 0.931. The molecular weight excluding hydrogens is 270 g/mol. The summed E-state index contributed by atoms with van der Waals surface area (Å²) in [6.07, 6.45) is 2.50. The van der Waals surface area contributed by atoms with Gasteiger partial charge in [0.05, 0.1) is 6.04 Å². The first kappa shape index (κ1) is 13.2. The topological polar surface area (TPSA) is 55.1 Å². The van der Waals surface area contributed by atoms with Crippen molar-refractivity contribution in [2.75, 3.05) is 12.3 Å². The van der Waals surface area contributed by atoms with Gasteiger partial charge in [-0.05, 0) is 5.56 Å². The maximum atomic E-state index is 4.58. The summed E-state index contributed by atoms with van der Waals surface area (Å²) >= 11 is 1.78. The van der Waals surface area contributed by atoms with E-state index < -0.39 is 0 Å². The fraction of sp³-hybridized carbons (Fsp3) is 0.357. The Kier molecular flexibility index (Phi) is 4.01. The van der Waals surface area contributed by atoms with Crippen molar-refractivity contribution in [1.29, 1.82) is 0 Å². The number of rotatable bonds is 4. The van der Waals surface area contributed by atoms with Crippen molar-refractivity contribution in [3.8, 4) is 0 Å². The van der Waals surface area contributed by atoms with E-state index in [-0.39, 0.29) is 0 Å². The molecule has 6 heteroatoms. The van der Waals surface area contributed by atoms with Crippen LogP contribution in [0, 0.1) is 0 Å². The highest BCUT2D eigenvalue weighted by Crippen LogP contribution is 2.25. The fourth-order valence-corrected chi connectivity index (χ4v) is 3.12. The van der Waals surface area contributed by atoms with Crippen LogP contribution in [0.3, 0.4) is 0 Å². The van der Waals surface area contributed by atoms with Gasteiger partial charge in [-0.15, -0.1) is 0 Å². The summed E-state index contributed by atoms with van der Waals surface area (Å²) in [5.41, 5.74) is 1.32. The second-order valence-corrected chi connectivity index (χ2v) is 5.70. The Morgan fingerprint density at radius 1 is 1.40 bits per heavy atom. The van der Waals surface area contributed by atoms with Crippen molar-refractivity contribution in [3.05, 3.63) is 48.0 Å². The molecule has 0 spiro atoms. The van der Waals surface area contributed by atoms with E-state index in [4.69, 9.17) is 0 Å². The van der Waals surface area contributed by atoms with Gasteiger partial charge >= 0.3 is 0 Å². The Bertz CT molecular complexity index is 593. The van der Waals surface area contributed by atoms with Crippen LogP contribution in [0.2, 0.25) is 0 Å². The van der Waals surface area contributed by atoms with Gasteiger partial charge in [-0.1, -0.05) is 42.1 Å². The van der Waals surface area contributed by atoms with E-state index >= 15 is 0 Å².